The van der Waals surface area contributed by atoms with Crippen molar-refractivity contribution in [1.82, 2.24) is 15.5 Å². The maximum atomic E-state index is 13.0. The lowest BCUT2D eigenvalue weighted by Crippen LogP contribution is -2.12. The SMILES string of the molecule is CNC(C)c1nnc(-c2cc(F)c(F)c(F)c2)o1. The van der Waals surface area contributed by atoms with E-state index in [-0.39, 0.29) is 23.4 Å². The smallest absolute Gasteiger partial charge is 0.248 e. The van der Waals surface area contributed by atoms with Crippen LogP contribution in [0.1, 0.15) is 18.9 Å². The van der Waals surface area contributed by atoms with Crippen LogP contribution in [0.25, 0.3) is 11.5 Å². The van der Waals surface area contributed by atoms with E-state index in [1.54, 1.807) is 14.0 Å². The molecule has 0 radical (unpaired) electrons. The van der Waals surface area contributed by atoms with Crippen molar-refractivity contribution in [2.45, 2.75) is 13.0 Å². The number of hydrogen-bond donors (Lipinski definition) is 1. The monoisotopic (exact) mass is 257 g/mol. The van der Waals surface area contributed by atoms with Crippen LogP contribution in [0.15, 0.2) is 16.5 Å². The highest BCUT2D eigenvalue weighted by Crippen LogP contribution is 2.24. The van der Waals surface area contributed by atoms with Crippen molar-refractivity contribution in [3.8, 4) is 11.5 Å². The van der Waals surface area contributed by atoms with Crippen molar-refractivity contribution in [3.05, 3.63) is 35.5 Å². The molecule has 96 valence electrons. The first-order valence-corrected chi connectivity index (χ1v) is 5.18. The molecular weight excluding hydrogens is 247 g/mol. The van der Waals surface area contributed by atoms with Gasteiger partial charge in [0, 0.05) is 5.56 Å². The first kappa shape index (κ1) is 12.6. The Morgan fingerprint density at radius 2 is 1.78 bits per heavy atom. The zero-order valence-corrected chi connectivity index (χ0v) is 9.67. The molecule has 0 saturated carbocycles. The molecule has 1 atom stereocenters. The van der Waals surface area contributed by atoms with Crippen LogP contribution in [0, 0.1) is 17.5 Å². The van der Waals surface area contributed by atoms with Crippen LogP contribution in [-0.4, -0.2) is 17.2 Å². The van der Waals surface area contributed by atoms with Crippen molar-refractivity contribution >= 4 is 0 Å². The first-order chi connectivity index (χ1) is 8.52. The fraction of sp³-hybridized carbons (Fsp3) is 0.273. The van der Waals surface area contributed by atoms with Gasteiger partial charge in [-0.25, -0.2) is 13.2 Å². The molecule has 1 heterocycles. The van der Waals surface area contributed by atoms with E-state index in [4.69, 9.17) is 4.42 Å². The number of benzene rings is 1. The van der Waals surface area contributed by atoms with Crippen molar-refractivity contribution < 1.29 is 17.6 Å². The Kier molecular flexibility index (Phi) is 3.33. The van der Waals surface area contributed by atoms with Gasteiger partial charge in [-0.3, -0.25) is 0 Å². The third-order valence-corrected chi connectivity index (χ3v) is 2.47. The average Bonchev–Trinajstić information content (AvgIpc) is 2.84. The van der Waals surface area contributed by atoms with E-state index in [0.29, 0.717) is 0 Å². The standard InChI is InChI=1S/C11H10F3N3O/c1-5(15-2)10-16-17-11(18-10)6-3-7(12)9(14)8(13)4-6/h3-5,15H,1-2H3. The highest BCUT2D eigenvalue weighted by Gasteiger charge is 2.17. The quantitative estimate of drug-likeness (QED) is 0.858. The third-order valence-electron chi connectivity index (χ3n) is 2.47. The van der Waals surface area contributed by atoms with Crippen molar-refractivity contribution in [2.75, 3.05) is 7.05 Å². The highest BCUT2D eigenvalue weighted by molar-refractivity contribution is 5.52. The lowest BCUT2D eigenvalue weighted by Gasteiger charge is -2.02. The molecule has 2 aromatic rings. The molecule has 0 bridgehead atoms. The minimum atomic E-state index is -1.53. The highest BCUT2D eigenvalue weighted by atomic mass is 19.2. The molecule has 0 fully saturated rings. The van der Waals surface area contributed by atoms with Gasteiger partial charge in [-0.05, 0) is 26.1 Å². The van der Waals surface area contributed by atoms with Gasteiger partial charge in [0.2, 0.25) is 11.8 Å². The minimum absolute atomic E-state index is 0.00606. The molecule has 4 nitrogen and oxygen atoms in total. The molecule has 0 amide bonds. The summed E-state index contributed by atoms with van der Waals surface area (Å²) in [5.41, 5.74) is -0.00606. The van der Waals surface area contributed by atoms with Gasteiger partial charge in [0.15, 0.2) is 17.5 Å². The molecule has 7 heteroatoms. The summed E-state index contributed by atoms with van der Waals surface area (Å²) < 4.78 is 44.1. The summed E-state index contributed by atoms with van der Waals surface area (Å²) >= 11 is 0. The number of nitrogens with one attached hydrogen (secondary N) is 1. The number of nitrogens with zero attached hydrogens (tertiary/aromatic N) is 2. The van der Waals surface area contributed by atoms with Gasteiger partial charge in [-0.2, -0.15) is 0 Å². The fourth-order valence-electron chi connectivity index (χ4n) is 1.33. The number of aromatic nitrogens is 2. The van der Waals surface area contributed by atoms with Crippen LogP contribution in [0.5, 0.6) is 0 Å². The summed E-state index contributed by atoms with van der Waals surface area (Å²) in [6.07, 6.45) is 0. The summed E-state index contributed by atoms with van der Waals surface area (Å²) in [6.45, 7) is 1.78. The maximum absolute atomic E-state index is 13.0. The molecule has 0 aliphatic carbocycles. The number of rotatable bonds is 3. The van der Waals surface area contributed by atoms with Crippen LogP contribution in [0.3, 0.4) is 0 Å². The summed E-state index contributed by atoms with van der Waals surface area (Å²) in [4.78, 5) is 0. The molecule has 0 spiro atoms. The van der Waals surface area contributed by atoms with Gasteiger partial charge in [-0.15, -0.1) is 10.2 Å². The largest absolute Gasteiger partial charge is 0.419 e. The van der Waals surface area contributed by atoms with Crippen LogP contribution in [0.4, 0.5) is 13.2 Å². The predicted molar refractivity (Wildman–Crippen MR) is 57.1 cm³/mol. The summed E-state index contributed by atoms with van der Waals surface area (Å²) in [7, 11) is 1.70. The average molecular weight is 257 g/mol. The molecule has 1 aromatic heterocycles. The van der Waals surface area contributed by atoms with Gasteiger partial charge in [0.05, 0.1) is 6.04 Å². The Balaban J connectivity index is 2.40. The van der Waals surface area contributed by atoms with E-state index >= 15 is 0 Å². The second-order valence-corrected chi connectivity index (χ2v) is 3.71. The molecular formula is C11H10F3N3O. The molecule has 2 rings (SSSR count). The van der Waals surface area contributed by atoms with E-state index in [0.717, 1.165) is 12.1 Å². The van der Waals surface area contributed by atoms with Crippen LogP contribution in [-0.2, 0) is 0 Å². The van der Waals surface area contributed by atoms with E-state index < -0.39 is 17.5 Å². The molecule has 1 unspecified atom stereocenters. The lowest BCUT2D eigenvalue weighted by molar-refractivity contribution is 0.436. The molecule has 0 aliphatic heterocycles. The maximum Gasteiger partial charge on any atom is 0.248 e. The van der Waals surface area contributed by atoms with Gasteiger partial charge in [0.25, 0.3) is 0 Å². The van der Waals surface area contributed by atoms with E-state index in [1.807, 2.05) is 0 Å². The van der Waals surface area contributed by atoms with Gasteiger partial charge < -0.3 is 9.73 Å². The van der Waals surface area contributed by atoms with Crippen LogP contribution >= 0.6 is 0 Å². The molecule has 0 aliphatic rings. The normalized spacial score (nSPS) is 12.7. The van der Waals surface area contributed by atoms with Crippen LogP contribution in [0.2, 0.25) is 0 Å². The number of hydrogen-bond acceptors (Lipinski definition) is 4. The molecule has 1 aromatic carbocycles. The van der Waals surface area contributed by atoms with Gasteiger partial charge in [0.1, 0.15) is 0 Å². The Morgan fingerprint density at radius 3 is 2.33 bits per heavy atom. The second-order valence-electron chi connectivity index (χ2n) is 3.71. The Morgan fingerprint density at radius 1 is 1.17 bits per heavy atom. The Hall–Kier alpha value is -1.89. The van der Waals surface area contributed by atoms with Gasteiger partial charge >= 0.3 is 0 Å². The topological polar surface area (TPSA) is 51.0 Å². The lowest BCUT2D eigenvalue weighted by atomic mass is 10.2. The Bertz CT molecular complexity index is 547. The third kappa shape index (κ3) is 2.21. The summed E-state index contributed by atoms with van der Waals surface area (Å²) in [6, 6.07) is 1.42. The first-order valence-electron chi connectivity index (χ1n) is 5.18. The summed E-state index contributed by atoms with van der Waals surface area (Å²) in [5.74, 6) is -3.91. The molecule has 18 heavy (non-hydrogen) atoms. The van der Waals surface area contributed by atoms with Crippen LogP contribution < -0.4 is 5.32 Å². The molecule has 0 saturated heterocycles. The zero-order chi connectivity index (χ0) is 13.3. The fourth-order valence-corrected chi connectivity index (χ4v) is 1.33. The van der Waals surface area contributed by atoms with Crippen molar-refractivity contribution in [2.24, 2.45) is 0 Å². The molecule has 1 N–H and O–H groups in total. The second kappa shape index (κ2) is 4.77. The zero-order valence-electron chi connectivity index (χ0n) is 9.67. The van der Waals surface area contributed by atoms with E-state index in [9.17, 15) is 13.2 Å². The van der Waals surface area contributed by atoms with Gasteiger partial charge in [-0.1, -0.05) is 0 Å². The van der Waals surface area contributed by atoms with Crippen molar-refractivity contribution in [1.29, 1.82) is 0 Å². The number of halogens is 3. The van der Waals surface area contributed by atoms with E-state index in [1.165, 1.54) is 0 Å². The Labute approximate surface area is 101 Å². The van der Waals surface area contributed by atoms with E-state index in [2.05, 4.69) is 15.5 Å². The predicted octanol–water partition coefficient (Wildman–Crippen LogP) is 2.43. The summed E-state index contributed by atoms with van der Waals surface area (Å²) in [5, 5.41) is 10.3. The van der Waals surface area contributed by atoms with Crippen molar-refractivity contribution in [3.63, 3.8) is 0 Å². The minimum Gasteiger partial charge on any atom is -0.419 e.